The van der Waals surface area contributed by atoms with E-state index < -0.39 is 0 Å². The largest absolute Gasteiger partial charge is 0.317 e. The number of fused-ring (bicyclic) bond motifs is 1. The number of hydrogen-bond donors (Lipinski definition) is 0. The van der Waals surface area contributed by atoms with E-state index in [4.69, 9.17) is 17.2 Å². The number of aryl methyl sites for hydroxylation is 3. The Morgan fingerprint density at radius 1 is 1.10 bits per heavy atom. The molecule has 21 heavy (non-hydrogen) atoms. The Hall–Kier alpha value is -2.00. The number of pyridine rings is 2. The Kier molecular flexibility index (Phi) is 3.60. The Bertz CT molecular complexity index is 864. The quantitative estimate of drug-likeness (QED) is 0.614. The molecule has 0 aliphatic heterocycles. The number of hydrogen-bond acceptors (Lipinski definition) is 2. The molecule has 0 saturated heterocycles. The summed E-state index contributed by atoms with van der Waals surface area (Å²) in [6.07, 6.45) is 0. The smallest absolute Gasteiger partial charge is 0.142 e. The van der Waals surface area contributed by atoms with E-state index in [-0.39, 0.29) is 0 Å². The summed E-state index contributed by atoms with van der Waals surface area (Å²) in [5.41, 5.74) is 5.62. The Morgan fingerprint density at radius 2 is 1.81 bits per heavy atom. The summed E-state index contributed by atoms with van der Waals surface area (Å²) in [5, 5.41) is 1.20. The van der Waals surface area contributed by atoms with E-state index in [1.54, 1.807) is 0 Å². The molecule has 0 unspecified atom stereocenters. The lowest BCUT2D eigenvalue weighted by molar-refractivity contribution is 0.766. The van der Waals surface area contributed by atoms with E-state index in [1.807, 2.05) is 13.0 Å². The zero-order valence-electron chi connectivity index (χ0n) is 12.6. The summed E-state index contributed by atoms with van der Waals surface area (Å²) in [4.78, 5) is 4.75. The van der Waals surface area contributed by atoms with Crippen LogP contribution in [0, 0.1) is 18.5 Å². The second kappa shape index (κ2) is 5.41. The summed E-state index contributed by atoms with van der Waals surface area (Å²) in [6.45, 7) is 7.12. The average molecular weight is 294 g/mol. The van der Waals surface area contributed by atoms with Gasteiger partial charge in [-0.3, -0.25) is 0 Å². The molecule has 0 N–H and O–H groups in total. The fraction of sp³-hybridized carbons (Fsp3) is 0.222. The number of rotatable bonds is 2. The van der Waals surface area contributed by atoms with E-state index in [9.17, 15) is 0 Å². The van der Waals surface area contributed by atoms with Gasteiger partial charge in [-0.1, -0.05) is 42.5 Å². The molecule has 0 radical (unpaired) electrons. The maximum absolute atomic E-state index is 5.58. The predicted molar refractivity (Wildman–Crippen MR) is 91.2 cm³/mol. The molecule has 0 fully saturated rings. The van der Waals surface area contributed by atoms with Gasteiger partial charge in [0.05, 0.1) is 0 Å². The molecule has 0 saturated carbocycles. The van der Waals surface area contributed by atoms with Gasteiger partial charge in [-0.15, -0.1) is 0 Å². The molecule has 2 nitrogen and oxygen atoms in total. The van der Waals surface area contributed by atoms with Crippen molar-refractivity contribution in [3.8, 4) is 11.1 Å². The second-order valence-corrected chi connectivity index (χ2v) is 5.70. The van der Waals surface area contributed by atoms with Crippen molar-refractivity contribution in [1.82, 2.24) is 9.55 Å². The van der Waals surface area contributed by atoms with E-state index in [0.29, 0.717) is 0 Å². The van der Waals surface area contributed by atoms with Gasteiger partial charge in [-0.2, -0.15) is 0 Å². The molecule has 3 rings (SSSR count). The minimum atomic E-state index is 0.834. The fourth-order valence-corrected chi connectivity index (χ4v) is 3.21. The Labute approximate surface area is 130 Å². The van der Waals surface area contributed by atoms with E-state index in [0.717, 1.165) is 22.5 Å². The van der Waals surface area contributed by atoms with Crippen LogP contribution >= 0.6 is 12.2 Å². The molecular weight excluding hydrogens is 276 g/mol. The monoisotopic (exact) mass is 294 g/mol. The number of nitrogens with zero attached hydrogens (tertiary/aromatic N) is 2. The van der Waals surface area contributed by atoms with Gasteiger partial charge in [0.15, 0.2) is 0 Å². The summed E-state index contributed by atoms with van der Waals surface area (Å²) in [7, 11) is 0. The third-order valence-electron chi connectivity index (χ3n) is 3.79. The van der Waals surface area contributed by atoms with Gasteiger partial charge in [0.1, 0.15) is 10.3 Å². The van der Waals surface area contributed by atoms with Crippen molar-refractivity contribution >= 4 is 23.3 Å². The Morgan fingerprint density at radius 3 is 2.48 bits per heavy atom. The topological polar surface area (TPSA) is 17.8 Å². The van der Waals surface area contributed by atoms with Gasteiger partial charge >= 0.3 is 0 Å². The minimum Gasteiger partial charge on any atom is -0.317 e. The molecule has 1 aromatic carbocycles. The van der Waals surface area contributed by atoms with Crippen LogP contribution in [0.25, 0.3) is 22.2 Å². The van der Waals surface area contributed by atoms with E-state index >= 15 is 0 Å². The zero-order chi connectivity index (χ0) is 15.0. The summed E-state index contributed by atoms with van der Waals surface area (Å²) in [5.74, 6) is 0. The highest BCUT2D eigenvalue weighted by Crippen LogP contribution is 2.31. The normalized spacial score (nSPS) is 11.0. The molecule has 3 heteroatoms. The average Bonchev–Trinajstić information content (AvgIpc) is 2.47. The van der Waals surface area contributed by atoms with Gasteiger partial charge in [-0.05, 0) is 49.6 Å². The summed E-state index contributed by atoms with van der Waals surface area (Å²) in [6, 6.07) is 14.6. The van der Waals surface area contributed by atoms with Crippen LogP contribution in [-0.2, 0) is 6.54 Å². The van der Waals surface area contributed by atoms with Gasteiger partial charge in [0.2, 0.25) is 0 Å². The molecule has 106 valence electrons. The fourth-order valence-electron chi connectivity index (χ4n) is 2.87. The first-order chi connectivity index (χ1) is 10.1. The molecule has 2 aromatic heterocycles. The predicted octanol–water partition coefficient (Wildman–Crippen LogP) is 5.07. The first-order valence-corrected chi connectivity index (χ1v) is 7.60. The van der Waals surface area contributed by atoms with Crippen LogP contribution in [0.5, 0.6) is 0 Å². The van der Waals surface area contributed by atoms with E-state index in [2.05, 4.69) is 54.8 Å². The van der Waals surface area contributed by atoms with Crippen LogP contribution in [0.15, 0.2) is 42.5 Å². The number of benzene rings is 1. The third kappa shape index (κ3) is 2.38. The maximum atomic E-state index is 5.58. The van der Waals surface area contributed by atoms with Crippen molar-refractivity contribution in [2.24, 2.45) is 0 Å². The first-order valence-electron chi connectivity index (χ1n) is 7.19. The van der Waals surface area contributed by atoms with Crippen LogP contribution in [0.2, 0.25) is 0 Å². The van der Waals surface area contributed by atoms with Crippen LogP contribution < -0.4 is 0 Å². The maximum Gasteiger partial charge on any atom is 0.142 e. The lowest BCUT2D eigenvalue weighted by Gasteiger charge is -2.15. The Balaban J connectivity index is 2.50. The van der Waals surface area contributed by atoms with Crippen molar-refractivity contribution in [2.45, 2.75) is 27.3 Å². The van der Waals surface area contributed by atoms with Crippen LogP contribution in [-0.4, -0.2) is 9.55 Å². The van der Waals surface area contributed by atoms with Gasteiger partial charge < -0.3 is 4.57 Å². The number of aromatic nitrogens is 2. The highest BCUT2D eigenvalue weighted by atomic mass is 32.1. The zero-order valence-corrected chi connectivity index (χ0v) is 13.4. The SMILES string of the molecule is CCn1c(=S)cc(-c2ccccc2)c2c(C)cc(C)nc21. The van der Waals surface area contributed by atoms with Crippen LogP contribution in [0.3, 0.4) is 0 Å². The first kappa shape index (κ1) is 14.0. The molecular formula is C18H18N2S. The van der Waals surface area contributed by atoms with Gasteiger partial charge in [0.25, 0.3) is 0 Å². The van der Waals surface area contributed by atoms with Gasteiger partial charge in [0, 0.05) is 17.6 Å². The van der Waals surface area contributed by atoms with Crippen molar-refractivity contribution in [2.75, 3.05) is 0 Å². The molecule has 0 spiro atoms. The molecule has 0 atom stereocenters. The molecule has 0 bridgehead atoms. The lowest BCUT2D eigenvalue weighted by Crippen LogP contribution is -2.04. The van der Waals surface area contributed by atoms with Crippen LogP contribution in [0.1, 0.15) is 18.2 Å². The molecule has 2 heterocycles. The lowest BCUT2D eigenvalue weighted by atomic mass is 9.99. The van der Waals surface area contributed by atoms with Crippen molar-refractivity contribution in [3.63, 3.8) is 0 Å². The minimum absolute atomic E-state index is 0.834. The summed E-state index contributed by atoms with van der Waals surface area (Å²) >= 11 is 5.58. The second-order valence-electron chi connectivity index (χ2n) is 5.29. The third-order valence-corrected chi connectivity index (χ3v) is 4.12. The van der Waals surface area contributed by atoms with Crippen LogP contribution in [0.4, 0.5) is 0 Å². The summed E-state index contributed by atoms with van der Waals surface area (Å²) < 4.78 is 2.94. The highest BCUT2D eigenvalue weighted by molar-refractivity contribution is 7.71. The highest BCUT2D eigenvalue weighted by Gasteiger charge is 2.12. The molecule has 3 aromatic rings. The van der Waals surface area contributed by atoms with Crippen molar-refractivity contribution in [1.29, 1.82) is 0 Å². The van der Waals surface area contributed by atoms with E-state index in [1.165, 1.54) is 22.1 Å². The molecule has 0 amide bonds. The standard InChI is InChI=1S/C18H18N2S/c1-4-20-16(21)11-15(14-8-6-5-7-9-14)17-12(2)10-13(3)19-18(17)20/h5-11H,4H2,1-3H3. The molecule has 0 aliphatic carbocycles. The van der Waals surface area contributed by atoms with Gasteiger partial charge in [-0.25, -0.2) is 4.98 Å². The van der Waals surface area contributed by atoms with Crippen molar-refractivity contribution in [3.05, 3.63) is 58.4 Å². The van der Waals surface area contributed by atoms with Crippen molar-refractivity contribution < 1.29 is 0 Å². The molecule has 0 aliphatic rings.